The van der Waals surface area contributed by atoms with E-state index >= 15 is 0 Å². The monoisotopic (exact) mass is 321 g/mol. The molecule has 1 heterocycles. The average molecular weight is 322 g/mol. The van der Waals surface area contributed by atoms with Crippen LogP contribution in [-0.2, 0) is 0 Å². The second kappa shape index (κ2) is 7.14. The maximum absolute atomic E-state index is 3.62. The fourth-order valence-electron chi connectivity index (χ4n) is 2.70. The molecule has 2 aromatic rings. The predicted octanol–water partition coefficient (Wildman–Crippen LogP) is 6.39. The molecule has 0 saturated carbocycles. The molecule has 0 amide bonds. The number of hydrogen-bond acceptors (Lipinski definition) is 0. The highest BCUT2D eigenvalue weighted by molar-refractivity contribution is 9.10. The third-order valence-electron chi connectivity index (χ3n) is 3.86. The minimum absolute atomic E-state index is 0.700. The molecule has 1 aromatic carbocycles. The summed E-state index contributed by atoms with van der Waals surface area (Å²) >= 11 is 3.55. The van der Waals surface area contributed by atoms with Crippen LogP contribution in [0.5, 0.6) is 0 Å². The first kappa shape index (κ1) is 14.6. The van der Waals surface area contributed by atoms with Crippen molar-refractivity contribution in [3.63, 3.8) is 0 Å². The van der Waals surface area contributed by atoms with Gasteiger partial charge in [0.2, 0.25) is 0 Å². The molecule has 2 heteroatoms. The number of fused-ring (bicyclic) bond motifs is 1. The van der Waals surface area contributed by atoms with Gasteiger partial charge in [-0.25, -0.2) is 0 Å². The van der Waals surface area contributed by atoms with Crippen molar-refractivity contribution in [1.82, 2.24) is 4.98 Å². The predicted molar refractivity (Wildman–Crippen MR) is 87.8 cm³/mol. The molecule has 0 aliphatic carbocycles. The highest BCUT2D eigenvalue weighted by Gasteiger charge is 2.13. The molecule has 0 unspecified atom stereocenters. The van der Waals surface area contributed by atoms with Crippen LogP contribution < -0.4 is 0 Å². The van der Waals surface area contributed by atoms with Gasteiger partial charge in [-0.2, -0.15) is 0 Å². The molecule has 0 aliphatic rings. The molecule has 0 aliphatic heterocycles. The molecule has 0 saturated heterocycles. The van der Waals surface area contributed by atoms with Gasteiger partial charge >= 0.3 is 0 Å². The van der Waals surface area contributed by atoms with E-state index in [9.17, 15) is 0 Å². The van der Waals surface area contributed by atoms with Gasteiger partial charge < -0.3 is 4.98 Å². The molecule has 0 radical (unpaired) electrons. The van der Waals surface area contributed by atoms with Crippen molar-refractivity contribution in [3.05, 3.63) is 34.4 Å². The molecular formula is C17H24BrN. The Morgan fingerprint density at radius 1 is 1.05 bits per heavy atom. The van der Waals surface area contributed by atoms with E-state index in [1.165, 1.54) is 55.1 Å². The van der Waals surface area contributed by atoms with Crippen LogP contribution in [-0.4, -0.2) is 4.98 Å². The first-order valence-electron chi connectivity index (χ1n) is 7.52. The van der Waals surface area contributed by atoms with Crippen molar-refractivity contribution >= 4 is 26.8 Å². The Labute approximate surface area is 124 Å². The molecule has 0 atom stereocenters. The van der Waals surface area contributed by atoms with Crippen molar-refractivity contribution in [2.75, 3.05) is 0 Å². The molecule has 104 valence electrons. The molecule has 0 spiro atoms. The largest absolute Gasteiger partial charge is 0.358 e. The summed E-state index contributed by atoms with van der Waals surface area (Å²) in [7, 11) is 0. The quantitative estimate of drug-likeness (QED) is 0.607. The second-order valence-corrected chi connectivity index (χ2v) is 6.35. The lowest BCUT2D eigenvalue weighted by Crippen LogP contribution is -1.99. The number of rotatable bonds is 7. The van der Waals surface area contributed by atoms with E-state index in [2.05, 4.69) is 59.0 Å². The van der Waals surface area contributed by atoms with Gasteiger partial charge in [0.25, 0.3) is 0 Å². The molecule has 0 fully saturated rings. The second-order valence-electron chi connectivity index (χ2n) is 5.44. The maximum atomic E-state index is 3.62. The summed E-state index contributed by atoms with van der Waals surface area (Å²) in [5.41, 5.74) is 2.69. The summed E-state index contributed by atoms with van der Waals surface area (Å²) < 4.78 is 1.16. The van der Waals surface area contributed by atoms with Gasteiger partial charge in [0.15, 0.2) is 0 Å². The van der Waals surface area contributed by atoms with Gasteiger partial charge in [-0.3, -0.25) is 0 Å². The summed E-state index contributed by atoms with van der Waals surface area (Å²) in [6.07, 6.45) is 7.85. The smallest absolute Gasteiger partial charge is 0.0456 e. The van der Waals surface area contributed by atoms with Crippen molar-refractivity contribution in [2.24, 2.45) is 0 Å². The zero-order chi connectivity index (χ0) is 13.7. The minimum Gasteiger partial charge on any atom is -0.358 e. The first-order valence-corrected chi connectivity index (χ1v) is 8.32. The molecule has 1 N–H and O–H groups in total. The van der Waals surface area contributed by atoms with E-state index in [1.54, 1.807) is 0 Å². The summed E-state index contributed by atoms with van der Waals surface area (Å²) in [6, 6.07) is 8.82. The van der Waals surface area contributed by atoms with E-state index in [0.717, 1.165) is 4.47 Å². The van der Waals surface area contributed by atoms with Crippen LogP contribution in [0.15, 0.2) is 28.7 Å². The van der Waals surface area contributed by atoms with Crippen LogP contribution in [0.2, 0.25) is 0 Å². The summed E-state index contributed by atoms with van der Waals surface area (Å²) in [5, 5.41) is 1.32. The van der Waals surface area contributed by atoms with Crippen LogP contribution in [0.1, 0.15) is 64.0 Å². The summed E-state index contributed by atoms with van der Waals surface area (Å²) in [5.74, 6) is 0.700. The molecule has 0 bridgehead atoms. The standard InChI is InChI=1S/C17H24BrN/c1-3-5-7-13(8-6-4-2)17-12-14-11-15(18)9-10-16(14)19-17/h9-13,19H,3-8H2,1-2H3. The number of halogens is 1. The Balaban J connectivity index is 2.21. The number of benzene rings is 1. The van der Waals surface area contributed by atoms with E-state index < -0.39 is 0 Å². The van der Waals surface area contributed by atoms with Gasteiger partial charge in [0, 0.05) is 21.1 Å². The Morgan fingerprint density at radius 3 is 2.37 bits per heavy atom. The van der Waals surface area contributed by atoms with Crippen LogP contribution in [0, 0.1) is 0 Å². The van der Waals surface area contributed by atoms with Gasteiger partial charge in [0.05, 0.1) is 0 Å². The first-order chi connectivity index (χ1) is 9.24. The van der Waals surface area contributed by atoms with Crippen LogP contribution in [0.3, 0.4) is 0 Å². The van der Waals surface area contributed by atoms with Gasteiger partial charge in [-0.1, -0.05) is 55.5 Å². The Kier molecular flexibility index (Phi) is 5.50. The topological polar surface area (TPSA) is 15.8 Å². The van der Waals surface area contributed by atoms with Crippen LogP contribution in [0.25, 0.3) is 10.9 Å². The lowest BCUT2D eigenvalue weighted by atomic mass is 9.93. The molecular weight excluding hydrogens is 298 g/mol. The summed E-state index contributed by atoms with van der Waals surface area (Å²) in [4.78, 5) is 3.62. The SMILES string of the molecule is CCCCC(CCCC)c1cc2cc(Br)ccc2[nH]1. The molecule has 1 nitrogen and oxygen atoms in total. The lowest BCUT2D eigenvalue weighted by molar-refractivity contribution is 0.517. The third-order valence-corrected chi connectivity index (χ3v) is 4.35. The van der Waals surface area contributed by atoms with Crippen LogP contribution in [0.4, 0.5) is 0 Å². The van der Waals surface area contributed by atoms with Gasteiger partial charge in [-0.05, 0) is 43.0 Å². The van der Waals surface area contributed by atoms with Crippen LogP contribution >= 0.6 is 15.9 Å². The van der Waals surface area contributed by atoms with E-state index in [0.29, 0.717) is 5.92 Å². The zero-order valence-electron chi connectivity index (χ0n) is 12.0. The number of hydrogen-bond donors (Lipinski definition) is 1. The third kappa shape index (κ3) is 3.85. The Hall–Kier alpha value is -0.760. The van der Waals surface area contributed by atoms with Gasteiger partial charge in [0.1, 0.15) is 0 Å². The van der Waals surface area contributed by atoms with E-state index in [-0.39, 0.29) is 0 Å². The highest BCUT2D eigenvalue weighted by atomic mass is 79.9. The number of aromatic amines is 1. The highest BCUT2D eigenvalue weighted by Crippen LogP contribution is 2.30. The Morgan fingerprint density at radius 2 is 1.74 bits per heavy atom. The van der Waals surface area contributed by atoms with E-state index in [4.69, 9.17) is 0 Å². The Bertz CT molecular complexity index is 507. The average Bonchev–Trinajstić information content (AvgIpc) is 2.81. The van der Waals surface area contributed by atoms with Gasteiger partial charge in [-0.15, -0.1) is 0 Å². The minimum atomic E-state index is 0.700. The number of nitrogens with one attached hydrogen (secondary N) is 1. The molecule has 1 aromatic heterocycles. The fraction of sp³-hybridized carbons (Fsp3) is 0.529. The number of unbranched alkanes of at least 4 members (excludes halogenated alkanes) is 2. The van der Waals surface area contributed by atoms with Crippen molar-refractivity contribution in [1.29, 1.82) is 0 Å². The molecule has 19 heavy (non-hydrogen) atoms. The normalized spacial score (nSPS) is 11.6. The van der Waals surface area contributed by atoms with Crippen molar-refractivity contribution < 1.29 is 0 Å². The summed E-state index contributed by atoms with van der Waals surface area (Å²) in [6.45, 7) is 4.55. The fourth-order valence-corrected chi connectivity index (χ4v) is 3.08. The lowest BCUT2D eigenvalue weighted by Gasteiger charge is -2.14. The maximum Gasteiger partial charge on any atom is 0.0456 e. The molecule has 2 rings (SSSR count). The van der Waals surface area contributed by atoms with E-state index in [1.807, 2.05) is 0 Å². The number of H-pyrrole nitrogens is 1. The number of aromatic nitrogens is 1. The van der Waals surface area contributed by atoms with Crippen molar-refractivity contribution in [2.45, 2.75) is 58.3 Å². The zero-order valence-corrected chi connectivity index (χ0v) is 13.6. The van der Waals surface area contributed by atoms with Crippen molar-refractivity contribution in [3.8, 4) is 0 Å².